The predicted molar refractivity (Wildman–Crippen MR) is 46.5 cm³/mol. The number of ether oxygens (including phenoxy) is 2. The fourth-order valence-corrected chi connectivity index (χ4v) is 1.02. The van der Waals surface area contributed by atoms with E-state index in [2.05, 4.69) is 10.1 Å². The van der Waals surface area contributed by atoms with Crippen LogP contribution in [0.2, 0.25) is 0 Å². The molecular formula is C7H14ClNO3. The van der Waals surface area contributed by atoms with Crippen LogP contribution in [0.15, 0.2) is 0 Å². The Hall–Kier alpha value is -0.320. The number of rotatable bonds is 2. The summed E-state index contributed by atoms with van der Waals surface area (Å²) in [5.74, 6) is -0.210. The maximum atomic E-state index is 10.8. The van der Waals surface area contributed by atoms with Crippen molar-refractivity contribution in [3.63, 3.8) is 0 Å². The number of hydrogen-bond acceptors (Lipinski definition) is 4. The number of esters is 1. The lowest BCUT2D eigenvalue weighted by atomic mass is 10.2. The standard InChI is InChI=1S/C7H13NO3.ClH/c1-10-7(9)4-6-5-8-2-3-11-6;/h6,8H,2-5H2,1H3;1H/t6-;/m0./s1. The van der Waals surface area contributed by atoms with E-state index in [1.807, 2.05) is 0 Å². The summed E-state index contributed by atoms with van der Waals surface area (Å²) in [5.41, 5.74) is 0. The highest BCUT2D eigenvalue weighted by Crippen LogP contribution is 2.01. The monoisotopic (exact) mass is 195 g/mol. The van der Waals surface area contributed by atoms with Gasteiger partial charge in [0.15, 0.2) is 0 Å². The molecule has 0 aromatic heterocycles. The first-order valence-corrected chi connectivity index (χ1v) is 3.72. The molecule has 1 heterocycles. The van der Waals surface area contributed by atoms with Crippen molar-refractivity contribution in [1.82, 2.24) is 5.32 Å². The number of carbonyl (C=O) groups excluding carboxylic acids is 1. The molecule has 0 aromatic carbocycles. The van der Waals surface area contributed by atoms with Crippen molar-refractivity contribution in [1.29, 1.82) is 0 Å². The molecule has 5 heteroatoms. The molecule has 0 spiro atoms. The zero-order valence-corrected chi connectivity index (χ0v) is 7.86. The van der Waals surface area contributed by atoms with Gasteiger partial charge in [-0.05, 0) is 0 Å². The van der Waals surface area contributed by atoms with E-state index in [0.29, 0.717) is 13.0 Å². The summed E-state index contributed by atoms with van der Waals surface area (Å²) in [6, 6.07) is 0. The number of carbonyl (C=O) groups is 1. The summed E-state index contributed by atoms with van der Waals surface area (Å²) in [4.78, 5) is 10.8. The van der Waals surface area contributed by atoms with Gasteiger partial charge in [-0.3, -0.25) is 4.79 Å². The van der Waals surface area contributed by atoms with Gasteiger partial charge in [-0.1, -0.05) is 0 Å². The molecule has 0 unspecified atom stereocenters. The van der Waals surface area contributed by atoms with Crippen LogP contribution in [-0.4, -0.2) is 38.9 Å². The Bertz CT molecular complexity index is 137. The van der Waals surface area contributed by atoms with Crippen molar-refractivity contribution in [3.05, 3.63) is 0 Å². The molecule has 1 fully saturated rings. The zero-order chi connectivity index (χ0) is 8.10. The minimum Gasteiger partial charge on any atom is -0.469 e. The van der Waals surface area contributed by atoms with Crippen LogP contribution in [0.25, 0.3) is 0 Å². The molecule has 1 aliphatic heterocycles. The van der Waals surface area contributed by atoms with E-state index in [4.69, 9.17) is 4.74 Å². The lowest BCUT2D eigenvalue weighted by Crippen LogP contribution is -2.39. The minimum atomic E-state index is -0.210. The van der Waals surface area contributed by atoms with Gasteiger partial charge in [-0.2, -0.15) is 0 Å². The Kier molecular flexibility index (Phi) is 6.06. The fourth-order valence-electron chi connectivity index (χ4n) is 1.02. The molecule has 1 rings (SSSR count). The summed E-state index contributed by atoms with van der Waals surface area (Å²) in [5, 5.41) is 3.13. The van der Waals surface area contributed by atoms with Crippen LogP contribution < -0.4 is 5.32 Å². The normalized spacial score (nSPS) is 22.6. The van der Waals surface area contributed by atoms with Crippen molar-refractivity contribution in [2.45, 2.75) is 12.5 Å². The lowest BCUT2D eigenvalue weighted by Gasteiger charge is -2.22. The van der Waals surface area contributed by atoms with Gasteiger partial charge in [-0.25, -0.2) is 0 Å². The van der Waals surface area contributed by atoms with Crippen molar-refractivity contribution >= 4 is 18.4 Å². The number of morpholine rings is 1. The minimum absolute atomic E-state index is 0. The molecule has 0 saturated carbocycles. The van der Waals surface area contributed by atoms with Gasteiger partial charge in [0, 0.05) is 13.1 Å². The summed E-state index contributed by atoms with van der Waals surface area (Å²) in [6.45, 7) is 2.30. The van der Waals surface area contributed by atoms with Gasteiger partial charge >= 0.3 is 5.97 Å². The maximum Gasteiger partial charge on any atom is 0.308 e. The third kappa shape index (κ3) is 3.90. The third-order valence-corrected chi connectivity index (χ3v) is 1.63. The van der Waals surface area contributed by atoms with E-state index in [0.717, 1.165) is 13.1 Å². The summed E-state index contributed by atoms with van der Waals surface area (Å²) < 4.78 is 9.79. The molecule has 0 amide bonds. The van der Waals surface area contributed by atoms with Crippen molar-refractivity contribution < 1.29 is 14.3 Å². The molecule has 0 aromatic rings. The second kappa shape index (κ2) is 6.22. The van der Waals surface area contributed by atoms with Crippen LogP contribution in [0.1, 0.15) is 6.42 Å². The molecular weight excluding hydrogens is 182 g/mol. The van der Waals surface area contributed by atoms with Crippen LogP contribution in [-0.2, 0) is 14.3 Å². The first kappa shape index (κ1) is 11.7. The molecule has 12 heavy (non-hydrogen) atoms. The largest absolute Gasteiger partial charge is 0.469 e. The second-order valence-electron chi connectivity index (χ2n) is 2.48. The predicted octanol–water partition coefficient (Wildman–Crippen LogP) is -0.0403. The molecule has 1 aliphatic rings. The average Bonchev–Trinajstić information content (AvgIpc) is 2.06. The van der Waals surface area contributed by atoms with Crippen LogP contribution >= 0.6 is 12.4 Å². The van der Waals surface area contributed by atoms with E-state index in [-0.39, 0.29) is 24.5 Å². The smallest absolute Gasteiger partial charge is 0.308 e. The molecule has 1 saturated heterocycles. The van der Waals surface area contributed by atoms with Gasteiger partial charge in [0.05, 0.1) is 26.2 Å². The number of methoxy groups -OCH3 is 1. The van der Waals surface area contributed by atoms with Gasteiger partial charge in [0.25, 0.3) is 0 Å². The number of halogens is 1. The van der Waals surface area contributed by atoms with E-state index in [1.54, 1.807) is 0 Å². The molecule has 72 valence electrons. The second-order valence-corrected chi connectivity index (χ2v) is 2.48. The fraction of sp³-hybridized carbons (Fsp3) is 0.857. The van der Waals surface area contributed by atoms with E-state index in [1.165, 1.54) is 7.11 Å². The first-order chi connectivity index (χ1) is 5.33. The zero-order valence-electron chi connectivity index (χ0n) is 7.04. The quantitative estimate of drug-likeness (QED) is 0.629. The van der Waals surface area contributed by atoms with Crippen LogP contribution in [0, 0.1) is 0 Å². The topological polar surface area (TPSA) is 47.6 Å². The first-order valence-electron chi connectivity index (χ1n) is 3.72. The third-order valence-electron chi connectivity index (χ3n) is 1.63. The molecule has 1 N–H and O–H groups in total. The van der Waals surface area contributed by atoms with E-state index >= 15 is 0 Å². The van der Waals surface area contributed by atoms with Gasteiger partial charge in [0.2, 0.25) is 0 Å². The maximum absolute atomic E-state index is 10.8. The molecule has 0 radical (unpaired) electrons. The van der Waals surface area contributed by atoms with Crippen molar-refractivity contribution in [3.8, 4) is 0 Å². The summed E-state index contributed by atoms with van der Waals surface area (Å²) in [6.07, 6.45) is 0.347. The summed E-state index contributed by atoms with van der Waals surface area (Å²) in [7, 11) is 1.39. The lowest BCUT2D eigenvalue weighted by molar-refractivity contribution is -0.144. The SMILES string of the molecule is COC(=O)C[C@H]1CNCCO1.Cl. The van der Waals surface area contributed by atoms with E-state index < -0.39 is 0 Å². The Labute approximate surface area is 78.0 Å². The molecule has 0 bridgehead atoms. The Morgan fingerprint density at radius 1 is 1.75 bits per heavy atom. The van der Waals surface area contributed by atoms with Crippen molar-refractivity contribution in [2.75, 3.05) is 26.8 Å². The highest BCUT2D eigenvalue weighted by Gasteiger charge is 2.16. The van der Waals surface area contributed by atoms with Crippen LogP contribution in [0.4, 0.5) is 0 Å². The Morgan fingerprint density at radius 2 is 2.50 bits per heavy atom. The average molecular weight is 196 g/mol. The molecule has 0 aliphatic carbocycles. The van der Waals surface area contributed by atoms with Crippen LogP contribution in [0.5, 0.6) is 0 Å². The van der Waals surface area contributed by atoms with Gasteiger partial charge in [-0.15, -0.1) is 12.4 Å². The van der Waals surface area contributed by atoms with Crippen LogP contribution in [0.3, 0.4) is 0 Å². The Balaban J connectivity index is 0.00000121. The van der Waals surface area contributed by atoms with Gasteiger partial charge < -0.3 is 14.8 Å². The van der Waals surface area contributed by atoms with E-state index in [9.17, 15) is 4.79 Å². The number of hydrogen-bond donors (Lipinski definition) is 1. The Morgan fingerprint density at radius 3 is 3.00 bits per heavy atom. The highest BCUT2D eigenvalue weighted by atomic mass is 35.5. The number of nitrogens with one attached hydrogen (secondary N) is 1. The summed E-state index contributed by atoms with van der Waals surface area (Å²) >= 11 is 0. The molecule has 1 atom stereocenters. The highest BCUT2D eigenvalue weighted by molar-refractivity contribution is 5.85. The van der Waals surface area contributed by atoms with Crippen molar-refractivity contribution in [2.24, 2.45) is 0 Å². The van der Waals surface area contributed by atoms with Gasteiger partial charge in [0.1, 0.15) is 0 Å². The molecule has 4 nitrogen and oxygen atoms in total.